The minimum absolute atomic E-state index is 0.00102. The molecule has 8 nitrogen and oxygen atoms in total. The van der Waals surface area contributed by atoms with Gasteiger partial charge in [-0.05, 0) is 6.07 Å². The molecule has 0 spiro atoms. The molecule has 0 bridgehead atoms. The van der Waals surface area contributed by atoms with E-state index in [-0.39, 0.29) is 23.6 Å². The maximum absolute atomic E-state index is 11.1. The van der Waals surface area contributed by atoms with E-state index in [0.29, 0.717) is 5.56 Å². The molecule has 1 N–H and O–H groups in total. The predicted octanol–water partition coefficient (Wildman–Crippen LogP) is 1.61. The molecule has 1 heterocycles. The number of carboxylic acids is 1. The molecule has 0 aliphatic carbocycles. The average molecular weight is 277 g/mol. The number of rotatable bonds is 5. The van der Waals surface area contributed by atoms with Crippen LogP contribution in [0.25, 0.3) is 0 Å². The minimum atomic E-state index is -1.28. The Balaban J connectivity index is 2.32. The van der Waals surface area contributed by atoms with E-state index in [4.69, 9.17) is 9.84 Å². The van der Waals surface area contributed by atoms with E-state index in [2.05, 4.69) is 5.10 Å². The van der Waals surface area contributed by atoms with E-state index in [1.54, 1.807) is 17.9 Å². The van der Waals surface area contributed by atoms with Gasteiger partial charge in [0.2, 0.25) is 5.75 Å². The van der Waals surface area contributed by atoms with Crippen LogP contribution in [0.5, 0.6) is 5.75 Å². The monoisotopic (exact) mass is 277 g/mol. The fraction of sp³-hybridized carbons (Fsp3) is 0.167. The van der Waals surface area contributed by atoms with Crippen LogP contribution in [0.4, 0.5) is 5.69 Å². The fourth-order valence-corrected chi connectivity index (χ4v) is 1.69. The van der Waals surface area contributed by atoms with E-state index in [1.807, 2.05) is 0 Å². The van der Waals surface area contributed by atoms with Crippen LogP contribution in [0.2, 0.25) is 0 Å². The number of nitro benzene ring substituents is 1. The molecular weight excluding hydrogens is 266 g/mol. The van der Waals surface area contributed by atoms with Crippen molar-refractivity contribution >= 4 is 11.7 Å². The van der Waals surface area contributed by atoms with Crippen LogP contribution in [-0.2, 0) is 13.7 Å². The van der Waals surface area contributed by atoms with Gasteiger partial charge < -0.3 is 9.84 Å². The summed E-state index contributed by atoms with van der Waals surface area (Å²) in [4.78, 5) is 21.3. The summed E-state index contributed by atoms with van der Waals surface area (Å²) in [5, 5.41) is 23.9. The van der Waals surface area contributed by atoms with Gasteiger partial charge in [0.15, 0.2) is 0 Å². The highest BCUT2D eigenvalue weighted by atomic mass is 16.6. The number of aromatic nitrogens is 2. The van der Waals surface area contributed by atoms with Gasteiger partial charge in [-0.3, -0.25) is 14.8 Å². The number of nitro groups is 1. The summed E-state index contributed by atoms with van der Waals surface area (Å²) in [7, 11) is 1.72. The molecule has 0 aliphatic rings. The highest BCUT2D eigenvalue weighted by Gasteiger charge is 2.23. The zero-order valence-electron chi connectivity index (χ0n) is 10.5. The third kappa shape index (κ3) is 2.74. The van der Waals surface area contributed by atoms with Crippen LogP contribution in [0, 0.1) is 10.1 Å². The third-order valence-corrected chi connectivity index (χ3v) is 2.56. The largest absolute Gasteiger partial charge is 0.481 e. The number of ether oxygens (including phenoxy) is 1. The number of hydrogen-bond acceptors (Lipinski definition) is 5. The summed E-state index contributed by atoms with van der Waals surface area (Å²) < 4.78 is 6.87. The first-order valence-corrected chi connectivity index (χ1v) is 5.60. The fourth-order valence-electron chi connectivity index (χ4n) is 1.69. The SMILES string of the molecule is Cn1cc(COc2c(C(=O)O)cccc2[N+](=O)[O-])cn1. The van der Waals surface area contributed by atoms with E-state index < -0.39 is 10.9 Å². The molecule has 0 amide bonds. The number of carbonyl (C=O) groups is 1. The molecule has 1 aromatic carbocycles. The summed E-state index contributed by atoms with van der Waals surface area (Å²) in [6, 6.07) is 3.76. The Morgan fingerprint density at radius 1 is 1.55 bits per heavy atom. The summed E-state index contributed by atoms with van der Waals surface area (Å²) in [6.45, 7) is -0.00102. The van der Waals surface area contributed by atoms with Crippen molar-refractivity contribution in [2.24, 2.45) is 7.05 Å². The van der Waals surface area contributed by atoms with Gasteiger partial charge in [0.25, 0.3) is 0 Å². The zero-order chi connectivity index (χ0) is 14.7. The van der Waals surface area contributed by atoms with E-state index >= 15 is 0 Å². The van der Waals surface area contributed by atoms with Crippen LogP contribution < -0.4 is 4.74 Å². The molecular formula is C12H11N3O5. The van der Waals surface area contributed by atoms with E-state index in [1.165, 1.54) is 24.4 Å². The lowest BCUT2D eigenvalue weighted by Crippen LogP contribution is -2.06. The molecule has 8 heteroatoms. The first-order chi connectivity index (χ1) is 9.49. The molecule has 2 rings (SSSR count). The van der Waals surface area contributed by atoms with E-state index in [9.17, 15) is 14.9 Å². The second kappa shape index (κ2) is 5.39. The summed E-state index contributed by atoms with van der Waals surface area (Å²) >= 11 is 0. The maximum Gasteiger partial charge on any atom is 0.339 e. The smallest absolute Gasteiger partial charge is 0.339 e. The minimum Gasteiger partial charge on any atom is -0.481 e. The van der Waals surface area contributed by atoms with Gasteiger partial charge >= 0.3 is 11.7 Å². The first-order valence-electron chi connectivity index (χ1n) is 5.60. The molecule has 2 aromatic rings. The molecule has 0 fully saturated rings. The van der Waals surface area contributed by atoms with Crippen molar-refractivity contribution in [3.8, 4) is 5.75 Å². The summed E-state index contributed by atoms with van der Waals surface area (Å²) in [5.41, 5.74) is 0.0545. The molecule has 0 radical (unpaired) electrons. The number of carboxylic acid groups (broad SMARTS) is 1. The Labute approximate surface area is 113 Å². The Morgan fingerprint density at radius 2 is 2.30 bits per heavy atom. The van der Waals surface area contributed by atoms with Crippen LogP contribution in [0.1, 0.15) is 15.9 Å². The number of nitrogens with zero attached hydrogens (tertiary/aromatic N) is 3. The topological polar surface area (TPSA) is 107 Å². The molecule has 0 saturated heterocycles. The normalized spacial score (nSPS) is 10.2. The van der Waals surface area contributed by atoms with Gasteiger partial charge in [-0.2, -0.15) is 5.10 Å². The Hall–Kier alpha value is -2.90. The lowest BCUT2D eigenvalue weighted by molar-refractivity contribution is -0.386. The van der Waals surface area contributed by atoms with Gasteiger partial charge in [-0.15, -0.1) is 0 Å². The Morgan fingerprint density at radius 3 is 2.85 bits per heavy atom. The molecule has 0 unspecified atom stereocenters. The van der Waals surface area contributed by atoms with Crippen molar-refractivity contribution in [1.29, 1.82) is 0 Å². The molecule has 0 saturated carbocycles. The van der Waals surface area contributed by atoms with Crippen molar-refractivity contribution in [1.82, 2.24) is 9.78 Å². The third-order valence-electron chi connectivity index (χ3n) is 2.56. The van der Waals surface area contributed by atoms with Crippen LogP contribution in [0.3, 0.4) is 0 Å². The number of aromatic carboxylic acids is 1. The predicted molar refractivity (Wildman–Crippen MR) is 67.6 cm³/mol. The number of para-hydroxylation sites is 1. The average Bonchev–Trinajstić information content (AvgIpc) is 2.81. The van der Waals surface area contributed by atoms with E-state index in [0.717, 1.165) is 0 Å². The number of benzene rings is 1. The molecule has 104 valence electrons. The van der Waals surface area contributed by atoms with Gasteiger partial charge in [0.05, 0.1) is 11.1 Å². The second-order valence-corrected chi connectivity index (χ2v) is 4.03. The van der Waals surface area contributed by atoms with Gasteiger partial charge in [0.1, 0.15) is 12.2 Å². The van der Waals surface area contributed by atoms with Crippen molar-refractivity contribution in [3.05, 3.63) is 51.8 Å². The van der Waals surface area contributed by atoms with Crippen LogP contribution >= 0.6 is 0 Å². The molecule has 20 heavy (non-hydrogen) atoms. The van der Waals surface area contributed by atoms with Crippen molar-refractivity contribution in [2.75, 3.05) is 0 Å². The quantitative estimate of drug-likeness (QED) is 0.657. The molecule has 1 aromatic heterocycles. The maximum atomic E-state index is 11.1. The summed E-state index contributed by atoms with van der Waals surface area (Å²) in [6.07, 6.45) is 3.21. The Bertz CT molecular complexity index is 633. The second-order valence-electron chi connectivity index (χ2n) is 4.03. The van der Waals surface area contributed by atoms with Gasteiger partial charge in [-0.1, -0.05) is 6.07 Å². The van der Waals surface area contributed by atoms with Crippen LogP contribution in [-0.4, -0.2) is 25.8 Å². The number of aryl methyl sites for hydroxylation is 1. The lowest BCUT2D eigenvalue weighted by Gasteiger charge is -2.08. The number of hydrogen-bond donors (Lipinski definition) is 1. The van der Waals surface area contributed by atoms with Crippen LogP contribution in [0.15, 0.2) is 30.6 Å². The van der Waals surface area contributed by atoms with Crippen molar-refractivity contribution < 1.29 is 19.6 Å². The van der Waals surface area contributed by atoms with Gasteiger partial charge in [0, 0.05) is 24.9 Å². The summed E-state index contributed by atoms with van der Waals surface area (Å²) in [5.74, 6) is -1.54. The zero-order valence-corrected chi connectivity index (χ0v) is 10.5. The van der Waals surface area contributed by atoms with Gasteiger partial charge in [-0.25, -0.2) is 4.79 Å². The first kappa shape index (κ1) is 13.5. The Kier molecular flexibility index (Phi) is 3.65. The standard InChI is InChI=1S/C12H11N3O5/c1-14-6-8(5-13-14)7-20-11-9(12(16)17)3-2-4-10(11)15(18)19/h2-6H,7H2,1H3,(H,16,17). The highest BCUT2D eigenvalue weighted by molar-refractivity contribution is 5.92. The molecule has 0 aliphatic heterocycles. The molecule has 0 atom stereocenters. The lowest BCUT2D eigenvalue weighted by atomic mass is 10.1. The van der Waals surface area contributed by atoms with Crippen molar-refractivity contribution in [3.63, 3.8) is 0 Å². The van der Waals surface area contributed by atoms with Crippen molar-refractivity contribution in [2.45, 2.75) is 6.61 Å². The highest BCUT2D eigenvalue weighted by Crippen LogP contribution is 2.31.